The summed E-state index contributed by atoms with van der Waals surface area (Å²) in [6, 6.07) is 4.43. The van der Waals surface area contributed by atoms with Gasteiger partial charge in [0.15, 0.2) is 12.4 Å². The number of ketones is 2. The SMILES string of the molecule is CC(=O)c1ccc(N2CCN(C(=O)COC(=O)C3CC4CCCC(C3)C4=O)CC2)c(F)c1. The molecule has 2 saturated carbocycles. The van der Waals surface area contributed by atoms with E-state index in [-0.39, 0.29) is 42.0 Å². The summed E-state index contributed by atoms with van der Waals surface area (Å²) in [7, 11) is 0. The van der Waals surface area contributed by atoms with Crippen LogP contribution in [0.15, 0.2) is 18.2 Å². The smallest absolute Gasteiger partial charge is 0.309 e. The van der Waals surface area contributed by atoms with Gasteiger partial charge in [-0.1, -0.05) is 6.42 Å². The van der Waals surface area contributed by atoms with Crippen molar-refractivity contribution in [1.29, 1.82) is 0 Å². The van der Waals surface area contributed by atoms with Crippen LogP contribution in [0.25, 0.3) is 0 Å². The van der Waals surface area contributed by atoms with Crippen LogP contribution in [-0.2, 0) is 19.1 Å². The van der Waals surface area contributed by atoms with E-state index in [0.29, 0.717) is 56.1 Å². The van der Waals surface area contributed by atoms with Gasteiger partial charge in [-0.25, -0.2) is 4.39 Å². The highest BCUT2D eigenvalue weighted by atomic mass is 19.1. The number of esters is 1. The monoisotopic (exact) mass is 444 g/mol. The Hall–Kier alpha value is -2.77. The molecule has 0 radical (unpaired) electrons. The van der Waals surface area contributed by atoms with E-state index in [2.05, 4.69) is 0 Å². The molecule has 1 aromatic rings. The molecule has 0 aromatic heterocycles. The molecule has 172 valence electrons. The molecule has 0 spiro atoms. The summed E-state index contributed by atoms with van der Waals surface area (Å²) < 4.78 is 19.7. The first-order chi connectivity index (χ1) is 15.3. The predicted octanol–water partition coefficient (Wildman–Crippen LogP) is 2.62. The molecule has 1 aliphatic heterocycles. The van der Waals surface area contributed by atoms with Gasteiger partial charge in [-0.3, -0.25) is 19.2 Å². The highest BCUT2D eigenvalue weighted by molar-refractivity contribution is 5.94. The van der Waals surface area contributed by atoms with Gasteiger partial charge in [0, 0.05) is 43.6 Å². The maximum atomic E-state index is 14.4. The summed E-state index contributed by atoms with van der Waals surface area (Å²) >= 11 is 0. The fourth-order valence-electron chi connectivity index (χ4n) is 5.19. The first-order valence-electron chi connectivity index (χ1n) is 11.4. The lowest BCUT2D eigenvalue weighted by molar-refractivity contribution is -0.159. The second-order valence-electron chi connectivity index (χ2n) is 9.09. The third-order valence-electron chi connectivity index (χ3n) is 7.05. The van der Waals surface area contributed by atoms with Crippen LogP contribution >= 0.6 is 0 Å². The third kappa shape index (κ3) is 4.69. The molecule has 7 nitrogen and oxygen atoms in total. The van der Waals surface area contributed by atoms with Crippen molar-refractivity contribution < 1.29 is 28.3 Å². The average Bonchev–Trinajstić information content (AvgIpc) is 2.77. The van der Waals surface area contributed by atoms with E-state index in [1.54, 1.807) is 17.0 Å². The summed E-state index contributed by atoms with van der Waals surface area (Å²) in [6.45, 7) is 2.78. The standard InChI is InChI=1S/C24H29FN2O5/c1-15(28)16-5-6-21(20(25)13-16)26-7-9-27(10-8-26)22(29)14-32-24(31)19-11-17-3-2-4-18(12-19)23(17)30/h5-6,13,17-19H,2-4,7-12,14H2,1H3. The number of hydrogen-bond donors (Lipinski definition) is 0. The lowest BCUT2D eigenvalue weighted by Gasteiger charge is -2.37. The topological polar surface area (TPSA) is 84.0 Å². The zero-order chi connectivity index (χ0) is 22.8. The number of halogens is 1. The summed E-state index contributed by atoms with van der Waals surface area (Å²) in [5, 5.41) is 0. The number of carbonyl (C=O) groups excluding carboxylic acids is 4. The number of benzene rings is 1. The van der Waals surface area contributed by atoms with E-state index < -0.39 is 5.82 Å². The van der Waals surface area contributed by atoms with Crippen molar-refractivity contribution in [1.82, 2.24) is 4.90 Å². The van der Waals surface area contributed by atoms with Crippen molar-refractivity contribution in [2.75, 3.05) is 37.7 Å². The van der Waals surface area contributed by atoms with E-state index >= 15 is 0 Å². The Bertz CT molecular complexity index is 909. The van der Waals surface area contributed by atoms with Crippen LogP contribution in [0.1, 0.15) is 49.4 Å². The first kappa shape index (κ1) is 22.4. The zero-order valence-electron chi connectivity index (χ0n) is 18.3. The molecule has 2 aliphatic carbocycles. The normalized spacial score (nSPS) is 25.4. The Morgan fingerprint density at radius 3 is 2.31 bits per heavy atom. The van der Waals surface area contributed by atoms with E-state index in [1.807, 2.05) is 4.90 Å². The van der Waals surface area contributed by atoms with Gasteiger partial charge < -0.3 is 14.5 Å². The highest BCUT2D eigenvalue weighted by Gasteiger charge is 2.42. The Morgan fingerprint density at radius 1 is 1.06 bits per heavy atom. The molecule has 1 saturated heterocycles. The molecular formula is C24H29FN2O5. The van der Waals surface area contributed by atoms with Crippen LogP contribution in [0.2, 0.25) is 0 Å². The lowest BCUT2D eigenvalue weighted by Crippen LogP contribution is -2.50. The number of anilines is 1. The number of Topliss-reactive ketones (excluding diaryl/α,β-unsaturated/α-hetero) is 2. The Morgan fingerprint density at radius 2 is 1.72 bits per heavy atom. The van der Waals surface area contributed by atoms with Crippen LogP contribution in [0.5, 0.6) is 0 Å². The van der Waals surface area contributed by atoms with Crippen LogP contribution in [0.3, 0.4) is 0 Å². The van der Waals surface area contributed by atoms with Crippen molar-refractivity contribution in [3.63, 3.8) is 0 Å². The first-order valence-corrected chi connectivity index (χ1v) is 11.4. The zero-order valence-corrected chi connectivity index (χ0v) is 18.3. The van der Waals surface area contributed by atoms with Crippen LogP contribution in [-0.4, -0.2) is 61.1 Å². The Balaban J connectivity index is 1.25. The second-order valence-corrected chi connectivity index (χ2v) is 9.09. The van der Waals surface area contributed by atoms with Gasteiger partial charge in [-0.05, 0) is 50.8 Å². The molecule has 3 fully saturated rings. The number of amides is 1. The minimum absolute atomic E-state index is 0.0336. The minimum atomic E-state index is -0.456. The second kappa shape index (κ2) is 9.38. The fourth-order valence-corrected chi connectivity index (χ4v) is 5.19. The van der Waals surface area contributed by atoms with E-state index in [9.17, 15) is 23.6 Å². The van der Waals surface area contributed by atoms with Gasteiger partial charge in [0.05, 0.1) is 11.6 Å². The largest absolute Gasteiger partial charge is 0.455 e. The molecule has 3 aliphatic rings. The highest BCUT2D eigenvalue weighted by Crippen LogP contribution is 2.40. The fraction of sp³-hybridized carbons (Fsp3) is 0.583. The molecule has 2 atom stereocenters. The van der Waals surface area contributed by atoms with Gasteiger partial charge in [0.25, 0.3) is 5.91 Å². The molecule has 2 bridgehead atoms. The molecule has 4 rings (SSSR count). The van der Waals surface area contributed by atoms with Crippen LogP contribution in [0, 0.1) is 23.6 Å². The summed E-state index contributed by atoms with van der Waals surface area (Å²) in [6.07, 6.45) is 3.81. The Kier molecular flexibility index (Phi) is 6.58. The van der Waals surface area contributed by atoms with E-state index in [1.165, 1.54) is 13.0 Å². The number of rotatable bonds is 5. The average molecular weight is 445 g/mol. The number of piperazine rings is 1. The van der Waals surface area contributed by atoms with Crippen LogP contribution in [0.4, 0.5) is 10.1 Å². The van der Waals surface area contributed by atoms with Crippen LogP contribution < -0.4 is 4.90 Å². The van der Waals surface area contributed by atoms with Crippen molar-refractivity contribution >= 4 is 29.1 Å². The van der Waals surface area contributed by atoms with Crippen molar-refractivity contribution in [2.45, 2.75) is 39.0 Å². The van der Waals surface area contributed by atoms with E-state index in [0.717, 1.165) is 19.3 Å². The maximum absolute atomic E-state index is 14.4. The number of ether oxygens (including phenoxy) is 1. The molecule has 0 N–H and O–H groups in total. The van der Waals surface area contributed by atoms with Crippen molar-refractivity contribution in [2.24, 2.45) is 17.8 Å². The molecule has 1 aromatic carbocycles. The summed E-state index contributed by atoms with van der Waals surface area (Å²) in [4.78, 5) is 52.1. The molecule has 32 heavy (non-hydrogen) atoms. The summed E-state index contributed by atoms with van der Waals surface area (Å²) in [5.74, 6) is -1.37. The van der Waals surface area contributed by atoms with Gasteiger partial charge in [-0.15, -0.1) is 0 Å². The van der Waals surface area contributed by atoms with Gasteiger partial charge in [-0.2, -0.15) is 0 Å². The quantitative estimate of drug-likeness (QED) is 0.513. The molecule has 1 heterocycles. The molecule has 8 heteroatoms. The number of fused-ring (bicyclic) bond motifs is 2. The van der Waals surface area contributed by atoms with Crippen molar-refractivity contribution in [3.8, 4) is 0 Å². The molecule has 1 amide bonds. The van der Waals surface area contributed by atoms with E-state index in [4.69, 9.17) is 4.74 Å². The molecular weight excluding hydrogens is 415 g/mol. The third-order valence-corrected chi connectivity index (χ3v) is 7.05. The van der Waals surface area contributed by atoms with Gasteiger partial charge >= 0.3 is 5.97 Å². The maximum Gasteiger partial charge on any atom is 0.309 e. The number of hydrogen-bond acceptors (Lipinski definition) is 6. The minimum Gasteiger partial charge on any atom is -0.455 e. The summed E-state index contributed by atoms with van der Waals surface area (Å²) in [5.41, 5.74) is 0.735. The van der Waals surface area contributed by atoms with Crippen molar-refractivity contribution in [3.05, 3.63) is 29.6 Å². The molecule has 2 unspecified atom stereocenters. The van der Waals surface area contributed by atoms with Gasteiger partial charge in [0.1, 0.15) is 11.6 Å². The number of nitrogens with zero attached hydrogens (tertiary/aromatic N) is 2. The van der Waals surface area contributed by atoms with Gasteiger partial charge in [0.2, 0.25) is 0 Å². The Labute approximate surface area is 186 Å². The lowest BCUT2D eigenvalue weighted by atomic mass is 9.67. The number of carbonyl (C=O) groups is 4. The predicted molar refractivity (Wildman–Crippen MR) is 115 cm³/mol.